The Morgan fingerprint density at radius 1 is 1.21 bits per heavy atom. The van der Waals surface area contributed by atoms with Crippen molar-refractivity contribution in [2.45, 2.75) is 20.0 Å². The first kappa shape index (κ1) is 20.3. The number of phenolic OH excluding ortho intramolecular Hbond substituents is 2. The fraction of sp³-hybridized carbons (Fsp3) is 0.176. The average molecular weight is 427 g/mol. The Balaban J connectivity index is 2.20. The Morgan fingerprint density at radius 3 is 2.45 bits per heavy atom. The summed E-state index contributed by atoms with van der Waals surface area (Å²) in [6.45, 7) is 2.49. The van der Waals surface area contributed by atoms with Crippen LogP contribution >= 0.6 is 11.3 Å². The van der Waals surface area contributed by atoms with E-state index in [0.717, 1.165) is 29.5 Å². The summed E-state index contributed by atoms with van der Waals surface area (Å²) in [6, 6.07) is 2.67. The van der Waals surface area contributed by atoms with Crippen molar-refractivity contribution in [1.29, 1.82) is 0 Å². The van der Waals surface area contributed by atoms with Crippen LogP contribution in [0.5, 0.6) is 11.5 Å². The quantitative estimate of drug-likeness (QED) is 0.214. The zero-order valence-electron chi connectivity index (χ0n) is 14.8. The second-order valence-electron chi connectivity index (χ2n) is 6.11. The van der Waals surface area contributed by atoms with E-state index in [0.29, 0.717) is 4.73 Å². The van der Waals surface area contributed by atoms with Crippen molar-refractivity contribution in [2.75, 3.05) is 0 Å². The van der Waals surface area contributed by atoms with E-state index in [1.54, 1.807) is 0 Å². The second kappa shape index (κ2) is 6.88. The summed E-state index contributed by atoms with van der Waals surface area (Å²) in [5.74, 6) is -1.71. The molecule has 0 fully saturated rings. The number of aromatic nitrogens is 2. The van der Waals surface area contributed by atoms with Crippen molar-refractivity contribution >= 4 is 17.0 Å². The van der Waals surface area contributed by atoms with Crippen LogP contribution in [-0.4, -0.2) is 20.1 Å². The van der Waals surface area contributed by atoms with Gasteiger partial charge in [0.2, 0.25) is 11.4 Å². The highest BCUT2D eigenvalue weighted by molar-refractivity contribution is 7.13. The van der Waals surface area contributed by atoms with Crippen LogP contribution in [0.3, 0.4) is 0 Å². The van der Waals surface area contributed by atoms with Gasteiger partial charge in [-0.05, 0) is 6.07 Å². The van der Waals surface area contributed by atoms with Gasteiger partial charge in [-0.2, -0.15) is 17.9 Å². The number of benzene rings is 1. The minimum atomic E-state index is -4.74. The molecule has 0 atom stereocenters. The molecule has 0 spiro atoms. The van der Waals surface area contributed by atoms with Gasteiger partial charge in [0.15, 0.2) is 11.4 Å². The monoisotopic (exact) mass is 427 g/mol. The van der Waals surface area contributed by atoms with Gasteiger partial charge in [-0.15, -0.1) is 11.3 Å². The minimum Gasteiger partial charge on any atom is -0.618 e. The number of pyridine rings is 1. The lowest BCUT2D eigenvalue weighted by atomic mass is 10.1. The molecule has 0 bridgehead atoms. The fourth-order valence-corrected chi connectivity index (χ4v) is 3.75. The zero-order chi connectivity index (χ0) is 21.7. The topological polar surface area (TPSA) is 123 Å². The lowest BCUT2D eigenvalue weighted by Crippen LogP contribution is -2.35. The van der Waals surface area contributed by atoms with E-state index in [-0.39, 0.29) is 27.7 Å². The summed E-state index contributed by atoms with van der Waals surface area (Å²) in [5.41, 5.74) is -2.48. The Bertz CT molecular complexity index is 1140. The average Bonchev–Trinajstić information content (AvgIpc) is 3.10. The molecule has 152 valence electrons. The molecule has 2 heterocycles. The van der Waals surface area contributed by atoms with E-state index < -0.39 is 39.4 Å². The number of rotatable bonds is 3. The number of thiazole rings is 1. The van der Waals surface area contributed by atoms with Gasteiger partial charge in [0.25, 0.3) is 0 Å². The number of aryl methyl sites for hydroxylation is 1. The predicted molar refractivity (Wildman–Crippen MR) is 96.4 cm³/mol. The number of nitrogens with zero attached hydrogens (tertiary/aromatic N) is 3. The lowest BCUT2D eigenvalue weighted by Gasteiger charge is -2.15. The van der Waals surface area contributed by atoms with E-state index in [1.165, 1.54) is 19.2 Å². The van der Waals surface area contributed by atoms with Crippen molar-refractivity contribution in [3.05, 3.63) is 55.9 Å². The molecule has 0 amide bonds. The Kier molecular flexibility index (Phi) is 4.82. The van der Waals surface area contributed by atoms with Gasteiger partial charge >= 0.3 is 11.9 Å². The van der Waals surface area contributed by atoms with Crippen molar-refractivity contribution in [3.8, 4) is 33.3 Å². The molecule has 0 saturated carbocycles. The Morgan fingerprint density at radius 2 is 1.86 bits per heavy atom. The van der Waals surface area contributed by atoms with E-state index in [4.69, 9.17) is 0 Å². The van der Waals surface area contributed by atoms with Gasteiger partial charge in [-0.3, -0.25) is 10.1 Å². The maximum absolute atomic E-state index is 13.5. The third kappa shape index (κ3) is 3.53. The van der Waals surface area contributed by atoms with Crippen LogP contribution in [0.15, 0.2) is 23.6 Å². The molecular formula is C17H12F3N3O5S. The minimum absolute atomic E-state index is 0.0165. The van der Waals surface area contributed by atoms with E-state index in [1.807, 2.05) is 0 Å². The number of hydrogen-bond acceptors (Lipinski definition) is 7. The standard InChI is InChI=1S/C17H12F3N3O5S/c1-7-3-10(17(18,19)20)14(8(2)22(7)26)16-21-11(6-29-16)9-4-12(23(27)28)15(25)13(24)5-9/h3-6,24-25H,1-2H3. The molecule has 0 aliphatic carbocycles. The summed E-state index contributed by atoms with van der Waals surface area (Å²) >= 11 is 0.803. The van der Waals surface area contributed by atoms with E-state index >= 15 is 0 Å². The summed E-state index contributed by atoms with van der Waals surface area (Å²) in [6.07, 6.45) is -4.74. The first-order valence-electron chi connectivity index (χ1n) is 7.89. The van der Waals surface area contributed by atoms with Crippen molar-refractivity contribution in [2.24, 2.45) is 0 Å². The van der Waals surface area contributed by atoms with Gasteiger partial charge in [-0.25, -0.2) is 4.98 Å². The van der Waals surface area contributed by atoms with E-state index in [2.05, 4.69) is 4.98 Å². The Labute approximate surface area is 164 Å². The zero-order valence-corrected chi connectivity index (χ0v) is 15.6. The largest absolute Gasteiger partial charge is 0.618 e. The molecule has 12 heteroatoms. The summed E-state index contributed by atoms with van der Waals surface area (Å²) in [5, 5.41) is 43.6. The summed E-state index contributed by atoms with van der Waals surface area (Å²) in [4.78, 5) is 14.2. The molecule has 0 radical (unpaired) electrons. The molecule has 8 nitrogen and oxygen atoms in total. The van der Waals surface area contributed by atoms with Gasteiger partial charge < -0.3 is 15.4 Å². The van der Waals surface area contributed by atoms with Crippen LogP contribution in [0.25, 0.3) is 21.8 Å². The normalized spacial score (nSPS) is 11.6. The lowest BCUT2D eigenvalue weighted by molar-refractivity contribution is -0.618. The van der Waals surface area contributed by atoms with Crippen molar-refractivity contribution < 1.29 is 33.0 Å². The molecular weight excluding hydrogens is 415 g/mol. The van der Waals surface area contributed by atoms with Crippen LogP contribution in [0.2, 0.25) is 0 Å². The number of alkyl halides is 3. The van der Waals surface area contributed by atoms with Crippen molar-refractivity contribution in [1.82, 2.24) is 4.98 Å². The second-order valence-corrected chi connectivity index (χ2v) is 6.97. The van der Waals surface area contributed by atoms with Crippen molar-refractivity contribution in [3.63, 3.8) is 0 Å². The number of halogens is 3. The third-order valence-corrected chi connectivity index (χ3v) is 5.05. The highest BCUT2D eigenvalue weighted by atomic mass is 32.1. The highest BCUT2D eigenvalue weighted by Crippen LogP contribution is 2.43. The molecule has 29 heavy (non-hydrogen) atoms. The maximum Gasteiger partial charge on any atom is 0.417 e. The van der Waals surface area contributed by atoms with Gasteiger partial charge in [-0.1, -0.05) is 0 Å². The third-order valence-electron chi connectivity index (χ3n) is 4.19. The molecule has 0 unspecified atom stereocenters. The van der Waals surface area contributed by atoms with Gasteiger partial charge in [0.05, 0.1) is 21.7 Å². The molecule has 3 aromatic rings. The number of nitro benzene ring substituents is 1. The number of aromatic hydroxyl groups is 2. The predicted octanol–water partition coefficient (Wildman–Crippen LogP) is 4.07. The molecule has 1 aromatic carbocycles. The smallest absolute Gasteiger partial charge is 0.417 e. The van der Waals surface area contributed by atoms with Gasteiger partial charge in [0.1, 0.15) is 5.01 Å². The van der Waals surface area contributed by atoms with Gasteiger partial charge in [0, 0.05) is 36.9 Å². The fourth-order valence-electron chi connectivity index (χ4n) is 2.81. The SMILES string of the molecule is Cc1cc(C(F)(F)F)c(-c2nc(-c3cc(O)c(O)c([N+](=O)[O-])c3)cs2)c(C)[n+]1[O-]. The van der Waals surface area contributed by atoms with Crippen LogP contribution in [0.4, 0.5) is 18.9 Å². The van der Waals surface area contributed by atoms with Crippen LogP contribution in [0, 0.1) is 29.2 Å². The molecule has 2 N–H and O–H groups in total. The highest BCUT2D eigenvalue weighted by Gasteiger charge is 2.38. The van der Waals surface area contributed by atoms with E-state index in [9.17, 15) is 38.7 Å². The van der Waals surface area contributed by atoms with Crippen LogP contribution < -0.4 is 4.73 Å². The van der Waals surface area contributed by atoms with Crippen LogP contribution in [0.1, 0.15) is 17.0 Å². The molecule has 0 aliphatic rings. The first-order valence-corrected chi connectivity index (χ1v) is 8.77. The number of nitro groups is 1. The molecule has 3 rings (SSSR count). The summed E-state index contributed by atoms with van der Waals surface area (Å²) in [7, 11) is 0. The van der Waals surface area contributed by atoms with Crippen LogP contribution in [-0.2, 0) is 6.18 Å². The molecule has 2 aromatic heterocycles. The summed E-state index contributed by atoms with van der Waals surface area (Å²) < 4.78 is 40.9. The maximum atomic E-state index is 13.5. The number of phenols is 2. The molecule has 0 saturated heterocycles. The number of hydrogen-bond donors (Lipinski definition) is 2. The first-order chi connectivity index (χ1) is 13.4. The Hall–Kier alpha value is -3.41. The molecule has 0 aliphatic heterocycles.